The van der Waals surface area contributed by atoms with Crippen molar-refractivity contribution >= 4 is 17.3 Å². The van der Waals surface area contributed by atoms with Crippen molar-refractivity contribution in [3.8, 4) is 17.1 Å². The van der Waals surface area contributed by atoms with Crippen LogP contribution in [0.15, 0.2) is 37.4 Å². The number of hydrogen-bond acceptors (Lipinski definition) is 9. The first-order chi connectivity index (χ1) is 11.4. The first-order valence-corrected chi connectivity index (χ1v) is 6.85. The maximum absolute atomic E-state index is 5.64. The Balaban J connectivity index is 1.88. The van der Waals surface area contributed by atoms with E-state index < -0.39 is 0 Å². The molecule has 1 N–H and O–H groups in total. The van der Waals surface area contributed by atoms with Gasteiger partial charge in [-0.1, -0.05) is 0 Å². The molecule has 1 aliphatic heterocycles. The number of ether oxygens (including phenoxy) is 1. The van der Waals surface area contributed by atoms with E-state index in [-0.39, 0.29) is 0 Å². The van der Waals surface area contributed by atoms with Crippen LogP contribution in [0.25, 0.3) is 11.4 Å². The zero-order valence-electron chi connectivity index (χ0n) is 12.2. The van der Waals surface area contributed by atoms with E-state index in [2.05, 4.69) is 35.2 Å². The van der Waals surface area contributed by atoms with E-state index in [1.165, 1.54) is 25.3 Å². The second kappa shape index (κ2) is 5.44. The van der Waals surface area contributed by atoms with Crippen molar-refractivity contribution in [2.75, 3.05) is 24.0 Å². The van der Waals surface area contributed by atoms with E-state index in [9.17, 15) is 0 Å². The largest absolute Gasteiger partial charge is 0.494 e. The zero-order valence-corrected chi connectivity index (χ0v) is 12.2. The fraction of sp³-hybridized carbons (Fsp3) is 0.143. The van der Waals surface area contributed by atoms with Gasteiger partial charge in [0, 0.05) is 0 Å². The van der Waals surface area contributed by atoms with Gasteiger partial charge in [-0.15, -0.1) is 0 Å². The van der Waals surface area contributed by atoms with E-state index in [1.54, 1.807) is 7.11 Å². The Morgan fingerprint density at radius 2 is 1.70 bits per heavy atom. The molecule has 0 spiro atoms. The molecule has 0 amide bonds. The number of aromatic nitrogens is 6. The fourth-order valence-corrected chi connectivity index (χ4v) is 2.53. The third-order valence-electron chi connectivity index (χ3n) is 3.49. The third-order valence-corrected chi connectivity index (χ3v) is 3.49. The number of hydrogen-bond donors (Lipinski definition) is 1. The summed E-state index contributed by atoms with van der Waals surface area (Å²) in [7, 11) is 1.62. The van der Waals surface area contributed by atoms with E-state index in [0.29, 0.717) is 24.2 Å². The Labute approximate surface area is 131 Å². The summed E-state index contributed by atoms with van der Waals surface area (Å²) in [6.45, 7) is 0.538. The molecule has 2 aromatic heterocycles. The SMILES string of the molecule is COc1c(-c2ncncn2)ccc2c1N(c1ncncn1)CN2. The first kappa shape index (κ1) is 13.3. The predicted octanol–water partition coefficient (Wildman–Crippen LogP) is 1.25. The second-order valence-corrected chi connectivity index (χ2v) is 4.71. The summed E-state index contributed by atoms with van der Waals surface area (Å²) in [5, 5.41) is 3.29. The maximum Gasteiger partial charge on any atom is 0.234 e. The Morgan fingerprint density at radius 1 is 1.00 bits per heavy atom. The van der Waals surface area contributed by atoms with Crippen LogP contribution >= 0.6 is 0 Å². The molecule has 0 unspecified atom stereocenters. The monoisotopic (exact) mass is 308 g/mol. The van der Waals surface area contributed by atoms with Crippen LogP contribution in [-0.4, -0.2) is 43.7 Å². The molecule has 23 heavy (non-hydrogen) atoms. The summed E-state index contributed by atoms with van der Waals surface area (Å²) in [5.74, 6) is 1.73. The van der Waals surface area contributed by atoms with Crippen LogP contribution in [-0.2, 0) is 0 Å². The molecule has 0 saturated heterocycles. The van der Waals surface area contributed by atoms with Gasteiger partial charge in [-0.3, -0.25) is 4.90 Å². The third kappa shape index (κ3) is 2.18. The number of rotatable bonds is 3. The summed E-state index contributed by atoms with van der Waals surface area (Å²) in [4.78, 5) is 26.4. The summed E-state index contributed by atoms with van der Waals surface area (Å²) >= 11 is 0. The van der Waals surface area contributed by atoms with Crippen molar-refractivity contribution in [3.63, 3.8) is 0 Å². The average molecular weight is 308 g/mol. The van der Waals surface area contributed by atoms with Crippen molar-refractivity contribution in [2.24, 2.45) is 0 Å². The van der Waals surface area contributed by atoms with Crippen molar-refractivity contribution in [3.05, 3.63) is 37.4 Å². The van der Waals surface area contributed by atoms with E-state index in [1.807, 2.05) is 17.0 Å². The van der Waals surface area contributed by atoms with Gasteiger partial charge in [-0.05, 0) is 12.1 Å². The lowest BCUT2D eigenvalue weighted by atomic mass is 10.1. The molecule has 4 rings (SSSR count). The van der Waals surface area contributed by atoms with Gasteiger partial charge in [0.1, 0.15) is 31.0 Å². The topological polar surface area (TPSA) is 102 Å². The summed E-state index contributed by atoms with van der Waals surface area (Å²) in [5.41, 5.74) is 2.55. The fourth-order valence-electron chi connectivity index (χ4n) is 2.53. The van der Waals surface area contributed by atoms with Gasteiger partial charge in [0.05, 0.1) is 25.0 Å². The van der Waals surface area contributed by atoms with Crippen LogP contribution < -0.4 is 15.0 Å². The van der Waals surface area contributed by atoms with Crippen LogP contribution in [0.3, 0.4) is 0 Å². The number of benzene rings is 1. The minimum absolute atomic E-state index is 0.538. The van der Waals surface area contributed by atoms with Gasteiger partial charge in [0.2, 0.25) is 5.95 Å². The van der Waals surface area contributed by atoms with Crippen molar-refractivity contribution < 1.29 is 4.74 Å². The van der Waals surface area contributed by atoms with Gasteiger partial charge in [0.15, 0.2) is 11.6 Å². The Morgan fingerprint density at radius 3 is 2.39 bits per heavy atom. The maximum atomic E-state index is 5.64. The first-order valence-electron chi connectivity index (χ1n) is 6.85. The molecule has 0 saturated carbocycles. The highest BCUT2D eigenvalue weighted by atomic mass is 16.5. The minimum Gasteiger partial charge on any atom is -0.494 e. The Bertz CT molecular complexity index is 827. The van der Waals surface area contributed by atoms with Gasteiger partial charge in [-0.25, -0.2) is 29.9 Å². The van der Waals surface area contributed by atoms with Crippen molar-refractivity contribution in [2.45, 2.75) is 0 Å². The highest BCUT2D eigenvalue weighted by molar-refractivity contribution is 5.90. The lowest BCUT2D eigenvalue weighted by Crippen LogP contribution is -2.19. The summed E-state index contributed by atoms with van der Waals surface area (Å²) < 4.78 is 5.64. The lowest BCUT2D eigenvalue weighted by Gasteiger charge is -2.19. The summed E-state index contributed by atoms with van der Waals surface area (Å²) in [6, 6.07) is 3.87. The number of fused-ring (bicyclic) bond motifs is 1. The van der Waals surface area contributed by atoms with Gasteiger partial charge in [0.25, 0.3) is 0 Å². The number of anilines is 3. The smallest absolute Gasteiger partial charge is 0.234 e. The normalized spacial score (nSPS) is 12.7. The molecule has 1 aliphatic rings. The lowest BCUT2D eigenvalue weighted by molar-refractivity contribution is 0.417. The quantitative estimate of drug-likeness (QED) is 0.765. The standard InChI is InChI=1S/C14H12N8O/c1-23-12-9(13-17-4-15-5-18-13)2-3-10-11(12)22(8-21-10)14-19-6-16-7-20-14/h2-7,21H,8H2,1H3. The predicted molar refractivity (Wildman–Crippen MR) is 82.3 cm³/mol. The zero-order chi connectivity index (χ0) is 15.6. The molecule has 1 aromatic carbocycles. The van der Waals surface area contributed by atoms with Crippen molar-refractivity contribution in [1.82, 2.24) is 29.9 Å². The average Bonchev–Trinajstić information content (AvgIpc) is 3.06. The number of methoxy groups -OCH3 is 1. The number of nitrogens with one attached hydrogen (secondary N) is 1. The van der Waals surface area contributed by atoms with E-state index in [4.69, 9.17) is 4.74 Å². The highest BCUT2D eigenvalue weighted by Gasteiger charge is 2.28. The highest BCUT2D eigenvalue weighted by Crippen LogP contribution is 2.47. The second-order valence-electron chi connectivity index (χ2n) is 4.71. The van der Waals surface area contributed by atoms with Gasteiger partial charge >= 0.3 is 0 Å². The molecule has 0 aliphatic carbocycles. The molecule has 3 heterocycles. The molecular formula is C14H12N8O. The Kier molecular flexibility index (Phi) is 3.15. The van der Waals surface area contributed by atoms with Crippen LogP contribution in [0.1, 0.15) is 0 Å². The van der Waals surface area contributed by atoms with Crippen molar-refractivity contribution in [1.29, 1.82) is 0 Å². The van der Waals surface area contributed by atoms with Gasteiger partial charge < -0.3 is 10.1 Å². The molecule has 9 nitrogen and oxygen atoms in total. The van der Waals surface area contributed by atoms with Crippen LogP contribution in [0.4, 0.5) is 17.3 Å². The van der Waals surface area contributed by atoms with Crippen LogP contribution in [0, 0.1) is 0 Å². The van der Waals surface area contributed by atoms with Crippen LogP contribution in [0.5, 0.6) is 5.75 Å². The number of nitrogens with zero attached hydrogens (tertiary/aromatic N) is 7. The van der Waals surface area contributed by atoms with Gasteiger partial charge in [-0.2, -0.15) is 0 Å². The van der Waals surface area contributed by atoms with E-state index >= 15 is 0 Å². The molecular weight excluding hydrogens is 296 g/mol. The molecule has 0 bridgehead atoms. The summed E-state index contributed by atoms with van der Waals surface area (Å²) in [6.07, 6.45) is 5.83. The molecule has 0 radical (unpaired) electrons. The molecule has 3 aromatic rings. The minimum atomic E-state index is 0.538. The molecule has 114 valence electrons. The molecule has 0 fully saturated rings. The van der Waals surface area contributed by atoms with E-state index in [0.717, 1.165) is 16.9 Å². The Hall–Kier alpha value is -3.36. The molecule has 0 atom stereocenters. The van der Waals surface area contributed by atoms with Crippen LogP contribution in [0.2, 0.25) is 0 Å². The molecule has 9 heteroatoms.